The fourth-order valence-electron chi connectivity index (χ4n) is 2.34. The van der Waals surface area contributed by atoms with Crippen molar-refractivity contribution in [3.63, 3.8) is 0 Å². The largest absolute Gasteiger partial charge is 0.456 e. The molecule has 2 aromatic carbocycles. The van der Waals surface area contributed by atoms with Crippen LogP contribution in [0, 0.1) is 11.6 Å². The molecule has 0 aliphatic heterocycles. The van der Waals surface area contributed by atoms with E-state index in [1.54, 1.807) is 11.4 Å². The van der Waals surface area contributed by atoms with Gasteiger partial charge in [-0.1, -0.05) is 18.2 Å². The summed E-state index contributed by atoms with van der Waals surface area (Å²) >= 11 is 1.12. The lowest BCUT2D eigenvalue weighted by Crippen LogP contribution is -2.23. The number of rotatable bonds is 5. The summed E-state index contributed by atoms with van der Waals surface area (Å²) in [6.45, 7) is 1.15. The molecule has 0 aliphatic carbocycles. The number of benzene rings is 2. The SMILES string of the molecule is CC(=O)N(c1nc(COC(=O)c2cccc(F)c2)cs1)c1ccccc1F. The van der Waals surface area contributed by atoms with Gasteiger partial charge in [-0.15, -0.1) is 11.3 Å². The van der Waals surface area contributed by atoms with E-state index in [0.29, 0.717) is 5.69 Å². The summed E-state index contributed by atoms with van der Waals surface area (Å²) in [5.41, 5.74) is 0.562. The minimum absolute atomic E-state index is 0.0853. The average molecular weight is 388 g/mol. The van der Waals surface area contributed by atoms with Crippen molar-refractivity contribution in [2.45, 2.75) is 13.5 Å². The Labute approximate surface area is 157 Å². The summed E-state index contributed by atoms with van der Waals surface area (Å²) in [5.74, 6) is -2.19. The average Bonchev–Trinajstić information content (AvgIpc) is 3.09. The van der Waals surface area contributed by atoms with E-state index in [1.165, 1.54) is 43.3 Å². The summed E-state index contributed by atoms with van der Waals surface area (Å²) in [6.07, 6.45) is 0. The molecule has 0 unspecified atom stereocenters. The van der Waals surface area contributed by atoms with Crippen LogP contribution in [-0.4, -0.2) is 16.9 Å². The second-order valence-corrected chi connectivity index (χ2v) is 6.35. The minimum atomic E-state index is -0.693. The van der Waals surface area contributed by atoms with Gasteiger partial charge >= 0.3 is 5.97 Å². The summed E-state index contributed by atoms with van der Waals surface area (Å²) in [5, 5.41) is 1.86. The number of halogens is 2. The van der Waals surface area contributed by atoms with Gasteiger partial charge in [0.05, 0.1) is 16.9 Å². The maximum atomic E-state index is 14.0. The first-order valence-electron chi connectivity index (χ1n) is 7.88. The predicted octanol–water partition coefficient (Wildman–Crippen LogP) is 4.46. The molecule has 0 fully saturated rings. The Morgan fingerprint density at radius 3 is 2.63 bits per heavy atom. The van der Waals surface area contributed by atoms with Gasteiger partial charge in [0.2, 0.25) is 5.91 Å². The maximum absolute atomic E-state index is 14.0. The molecule has 1 heterocycles. The second-order valence-electron chi connectivity index (χ2n) is 5.51. The van der Waals surface area contributed by atoms with E-state index >= 15 is 0 Å². The first kappa shape index (κ1) is 18.7. The molecule has 138 valence electrons. The molecular formula is C19H14F2N2O3S. The Morgan fingerprint density at radius 2 is 1.93 bits per heavy atom. The van der Waals surface area contributed by atoms with Gasteiger partial charge in [-0.3, -0.25) is 9.69 Å². The predicted molar refractivity (Wildman–Crippen MR) is 96.9 cm³/mol. The lowest BCUT2D eigenvalue weighted by molar-refractivity contribution is -0.115. The number of esters is 1. The van der Waals surface area contributed by atoms with Crippen molar-refractivity contribution < 1.29 is 23.1 Å². The van der Waals surface area contributed by atoms with Crippen LogP contribution in [0.25, 0.3) is 0 Å². The zero-order valence-corrected chi connectivity index (χ0v) is 15.0. The van der Waals surface area contributed by atoms with Gasteiger partial charge in [0.25, 0.3) is 0 Å². The number of anilines is 2. The fourth-order valence-corrected chi connectivity index (χ4v) is 3.21. The van der Waals surface area contributed by atoms with Gasteiger partial charge in [0, 0.05) is 12.3 Å². The molecule has 3 aromatic rings. The van der Waals surface area contributed by atoms with E-state index in [1.807, 2.05) is 0 Å². The van der Waals surface area contributed by atoms with E-state index in [2.05, 4.69) is 4.98 Å². The Bertz CT molecular complexity index is 990. The van der Waals surface area contributed by atoms with Crippen LogP contribution in [0.5, 0.6) is 0 Å². The Hall–Kier alpha value is -3.13. The smallest absolute Gasteiger partial charge is 0.338 e. The maximum Gasteiger partial charge on any atom is 0.338 e. The van der Waals surface area contributed by atoms with Gasteiger partial charge in [-0.2, -0.15) is 0 Å². The molecule has 0 spiro atoms. The van der Waals surface area contributed by atoms with Gasteiger partial charge in [0.15, 0.2) is 5.13 Å². The minimum Gasteiger partial charge on any atom is -0.456 e. The summed E-state index contributed by atoms with van der Waals surface area (Å²) in [4.78, 5) is 29.3. The van der Waals surface area contributed by atoms with E-state index in [4.69, 9.17) is 4.74 Å². The lowest BCUT2D eigenvalue weighted by atomic mass is 10.2. The number of thiazole rings is 1. The van der Waals surface area contributed by atoms with E-state index < -0.39 is 23.5 Å². The highest BCUT2D eigenvalue weighted by molar-refractivity contribution is 7.14. The molecule has 0 atom stereocenters. The normalized spacial score (nSPS) is 10.5. The van der Waals surface area contributed by atoms with E-state index in [0.717, 1.165) is 22.3 Å². The van der Waals surface area contributed by atoms with Crippen molar-refractivity contribution >= 4 is 34.0 Å². The third-order valence-corrected chi connectivity index (χ3v) is 4.43. The fraction of sp³-hybridized carbons (Fsp3) is 0.105. The van der Waals surface area contributed by atoms with E-state index in [-0.39, 0.29) is 23.0 Å². The monoisotopic (exact) mass is 388 g/mol. The second kappa shape index (κ2) is 8.05. The van der Waals surface area contributed by atoms with Crippen LogP contribution in [0.1, 0.15) is 23.0 Å². The van der Waals surface area contributed by atoms with Crippen LogP contribution < -0.4 is 4.90 Å². The molecule has 0 saturated heterocycles. The number of hydrogen-bond acceptors (Lipinski definition) is 5. The number of para-hydroxylation sites is 1. The molecule has 5 nitrogen and oxygen atoms in total. The number of carbonyl (C=O) groups is 2. The topological polar surface area (TPSA) is 59.5 Å². The molecule has 0 aliphatic rings. The summed E-state index contributed by atoms with van der Waals surface area (Å²) in [6, 6.07) is 11.0. The highest BCUT2D eigenvalue weighted by Crippen LogP contribution is 2.30. The zero-order valence-electron chi connectivity index (χ0n) is 14.2. The summed E-state index contributed by atoms with van der Waals surface area (Å²) in [7, 11) is 0. The molecule has 3 rings (SSSR count). The lowest BCUT2D eigenvalue weighted by Gasteiger charge is -2.18. The van der Waals surface area contributed by atoms with Crippen LogP contribution >= 0.6 is 11.3 Å². The third-order valence-electron chi connectivity index (χ3n) is 3.55. The molecule has 0 N–H and O–H groups in total. The number of nitrogens with zero attached hydrogens (tertiary/aromatic N) is 2. The van der Waals surface area contributed by atoms with Crippen molar-refractivity contribution in [3.05, 3.63) is 76.8 Å². The molecule has 1 aromatic heterocycles. The number of ether oxygens (including phenoxy) is 1. The Kier molecular flexibility index (Phi) is 5.56. The molecule has 0 radical (unpaired) electrons. The van der Waals surface area contributed by atoms with Crippen LogP contribution in [-0.2, 0) is 16.1 Å². The number of amides is 1. The molecule has 0 saturated carbocycles. The summed E-state index contributed by atoms with van der Waals surface area (Å²) < 4.78 is 32.3. The van der Waals surface area contributed by atoms with Crippen LogP contribution in [0.15, 0.2) is 53.9 Å². The molecule has 8 heteroatoms. The highest BCUT2D eigenvalue weighted by atomic mass is 32.1. The quantitative estimate of drug-likeness (QED) is 0.606. The van der Waals surface area contributed by atoms with Crippen LogP contribution in [0.3, 0.4) is 0 Å². The Balaban J connectivity index is 1.74. The Morgan fingerprint density at radius 1 is 1.15 bits per heavy atom. The van der Waals surface area contributed by atoms with Gasteiger partial charge in [-0.25, -0.2) is 18.6 Å². The van der Waals surface area contributed by atoms with Gasteiger partial charge < -0.3 is 4.74 Å². The molecule has 1 amide bonds. The van der Waals surface area contributed by atoms with Crippen LogP contribution in [0.2, 0.25) is 0 Å². The number of hydrogen-bond donors (Lipinski definition) is 0. The number of aromatic nitrogens is 1. The molecule has 27 heavy (non-hydrogen) atoms. The zero-order chi connectivity index (χ0) is 19.4. The van der Waals surface area contributed by atoms with Crippen molar-refractivity contribution in [2.75, 3.05) is 4.90 Å². The number of carbonyl (C=O) groups excluding carboxylic acids is 2. The van der Waals surface area contributed by atoms with Gasteiger partial charge in [-0.05, 0) is 30.3 Å². The van der Waals surface area contributed by atoms with Gasteiger partial charge in [0.1, 0.15) is 18.2 Å². The third kappa shape index (κ3) is 4.35. The standard InChI is InChI=1S/C19H14F2N2O3S/c1-12(24)23(17-8-3-2-7-16(17)21)19-22-15(11-27-19)10-26-18(25)13-5-4-6-14(20)9-13/h2-9,11H,10H2,1H3. The van der Waals surface area contributed by atoms with E-state index in [9.17, 15) is 18.4 Å². The first-order valence-corrected chi connectivity index (χ1v) is 8.76. The van der Waals surface area contributed by atoms with Crippen molar-refractivity contribution in [2.24, 2.45) is 0 Å². The first-order chi connectivity index (χ1) is 13.0. The molecule has 0 bridgehead atoms. The van der Waals surface area contributed by atoms with Crippen LogP contribution in [0.4, 0.5) is 19.6 Å². The van der Waals surface area contributed by atoms with Crippen molar-refractivity contribution in [3.8, 4) is 0 Å². The highest BCUT2D eigenvalue weighted by Gasteiger charge is 2.21. The van der Waals surface area contributed by atoms with Crippen molar-refractivity contribution in [1.82, 2.24) is 4.98 Å². The molecular weight excluding hydrogens is 374 g/mol. The van der Waals surface area contributed by atoms with Crippen molar-refractivity contribution in [1.29, 1.82) is 0 Å².